The van der Waals surface area contributed by atoms with E-state index in [1.54, 1.807) is 54.6 Å². The molecule has 1 unspecified atom stereocenters. The molecule has 4 aromatic rings. The van der Waals surface area contributed by atoms with Crippen LogP contribution < -0.4 is 11.1 Å². The Bertz CT molecular complexity index is 1880. The number of carbonyl (C=O) groups excluding carboxylic acids is 1. The SMILES string of the molecule is N/C(=N\C(=N\S(=O)(=O)c1ccc(C(F)(F)F)cc1)N1CC(c2ccccc2)C(c2ccc(Cl)cc2)=N1)NC(=O)c1ccccc1. The van der Waals surface area contributed by atoms with E-state index in [2.05, 4.69) is 19.8 Å². The average Bonchev–Trinajstić information content (AvgIpc) is 3.47. The fourth-order valence-electron chi connectivity index (χ4n) is 4.47. The summed E-state index contributed by atoms with van der Waals surface area (Å²) in [6.45, 7) is 0.0623. The second-order valence-corrected chi connectivity index (χ2v) is 11.8. The number of benzene rings is 4. The molecule has 0 saturated carbocycles. The Morgan fingerprint density at radius 2 is 1.51 bits per heavy atom. The number of nitrogens with zero attached hydrogens (tertiary/aromatic N) is 4. The molecule has 1 amide bonds. The molecule has 1 aliphatic rings. The van der Waals surface area contributed by atoms with E-state index in [1.165, 1.54) is 5.01 Å². The van der Waals surface area contributed by atoms with Gasteiger partial charge in [0.15, 0.2) is 0 Å². The molecule has 0 aliphatic carbocycles. The first kappa shape index (κ1) is 31.4. The zero-order valence-corrected chi connectivity index (χ0v) is 24.8. The molecule has 4 aromatic carbocycles. The minimum Gasteiger partial charge on any atom is -0.369 e. The predicted molar refractivity (Wildman–Crippen MR) is 165 cm³/mol. The van der Waals surface area contributed by atoms with Crippen molar-refractivity contribution in [1.82, 2.24) is 10.3 Å². The molecule has 0 aromatic heterocycles. The summed E-state index contributed by atoms with van der Waals surface area (Å²) >= 11 is 6.09. The number of nitrogens with one attached hydrogen (secondary N) is 1. The summed E-state index contributed by atoms with van der Waals surface area (Å²) in [5.74, 6) is -2.01. The standard InChI is InChI=1S/C31H24ClF3N6O3S/c32-24-15-11-21(12-16-24)27-26(20-7-3-1-4-8-20)19-41(39-27)30(38-29(36)37-28(42)22-9-5-2-6-10-22)40-45(43,44)25-17-13-23(14-18-25)31(33,34)35/h1-18,26H,19H2,(H3,36,37,38,40,42). The minimum absolute atomic E-state index is 0.0623. The molecule has 1 atom stereocenters. The van der Waals surface area contributed by atoms with Gasteiger partial charge in [-0.25, -0.2) is 5.01 Å². The Balaban J connectivity index is 1.58. The van der Waals surface area contributed by atoms with Gasteiger partial charge in [0.05, 0.1) is 22.7 Å². The lowest BCUT2D eigenvalue weighted by molar-refractivity contribution is -0.137. The van der Waals surface area contributed by atoms with E-state index in [1.807, 2.05) is 30.3 Å². The summed E-state index contributed by atoms with van der Waals surface area (Å²) < 4.78 is 69.9. The van der Waals surface area contributed by atoms with Crippen molar-refractivity contribution < 1.29 is 26.4 Å². The molecule has 230 valence electrons. The van der Waals surface area contributed by atoms with Crippen molar-refractivity contribution in [3.63, 3.8) is 0 Å². The number of hydrogen-bond acceptors (Lipinski definition) is 4. The molecule has 0 saturated heterocycles. The molecule has 1 aliphatic heterocycles. The first-order valence-electron chi connectivity index (χ1n) is 13.3. The van der Waals surface area contributed by atoms with Gasteiger partial charge in [-0.1, -0.05) is 72.3 Å². The van der Waals surface area contributed by atoms with Crippen LogP contribution in [0, 0.1) is 0 Å². The Morgan fingerprint density at radius 1 is 0.911 bits per heavy atom. The van der Waals surface area contributed by atoms with Gasteiger partial charge in [-0.15, -0.1) is 4.40 Å². The van der Waals surface area contributed by atoms with Crippen LogP contribution in [0.15, 0.2) is 129 Å². The fourth-order valence-corrected chi connectivity index (χ4v) is 5.53. The van der Waals surface area contributed by atoms with Crippen LogP contribution in [-0.4, -0.2) is 43.5 Å². The topological polar surface area (TPSA) is 130 Å². The van der Waals surface area contributed by atoms with Crippen LogP contribution in [-0.2, 0) is 16.2 Å². The number of nitrogens with two attached hydrogens (primary N) is 1. The zero-order chi connectivity index (χ0) is 32.2. The predicted octanol–water partition coefficient (Wildman–Crippen LogP) is 5.65. The van der Waals surface area contributed by atoms with E-state index < -0.39 is 44.5 Å². The minimum atomic E-state index is -4.67. The molecule has 1 heterocycles. The van der Waals surface area contributed by atoms with Crippen molar-refractivity contribution in [2.24, 2.45) is 20.2 Å². The third-order valence-electron chi connectivity index (χ3n) is 6.67. The quantitative estimate of drug-likeness (QED) is 0.213. The fraction of sp³-hybridized carbons (Fsp3) is 0.0968. The molecule has 3 N–H and O–H groups in total. The lowest BCUT2D eigenvalue weighted by Crippen LogP contribution is -2.39. The van der Waals surface area contributed by atoms with Gasteiger partial charge in [0.25, 0.3) is 21.9 Å². The van der Waals surface area contributed by atoms with E-state index >= 15 is 0 Å². The highest BCUT2D eigenvalue weighted by Gasteiger charge is 2.34. The molecule has 0 spiro atoms. The molecule has 9 nitrogen and oxygen atoms in total. The lowest BCUT2D eigenvalue weighted by atomic mass is 9.91. The van der Waals surface area contributed by atoms with E-state index in [9.17, 15) is 26.4 Å². The lowest BCUT2D eigenvalue weighted by Gasteiger charge is -2.16. The van der Waals surface area contributed by atoms with Gasteiger partial charge in [-0.05, 0) is 59.7 Å². The van der Waals surface area contributed by atoms with Crippen LogP contribution in [0.3, 0.4) is 0 Å². The van der Waals surface area contributed by atoms with Crippen molar-refractivity contribution in [3.8, 4) is 0 Å². The van der Waals surface area contributed by atoms with Crippen LogP contribution >= 0.6 is 11.6 Å². The van der Waals surface area contributed by atoms with Crippen LogP contribution in [0.25, 0.3) is 0 Å². The van der Waals surface area contributed by atoms with E-state index in [0.717, 1.165) is 17.7 Å². The highest BCUT2D eigenvalue weighted by atomic mass is 35.5. The first-order chi connectivity index (χ1) is 21.4. The maximum atomic E-state index is 13.4. The van der Waals surface area contributed by atoms with E-state index in [-0.39, 0.29) is 18.0 Å². The third-order valence-corrected chi connectivity index (χ3v) is 8.19. The number of guanidine groups is 2. The van der Waals surface area contributed by atoms with Crippen molar-refractivity contribution in [1.29, 1.82) is 0 Å². The van der Waals surface area contributed by atoms with Crippen molar-refractivity contribution in [2.45, 2.75) is 17.0 Å². The van der Waals surface area contributed by atoms with Crippen LogP contribution in [0.1, 0.15) is 33.0 Å². The summed E-state index contributed by atoms with van der Waals surface area (Å²) in [5.41, 5.74) is 7.36. The zero-order valence-electron chi connectivity index (χ0n) is 23.2. The highest BCUT2D eigenvalue weighted by molar-refractivity contribution is 7.90. The van der Waals surface area contributed by atoms with Crippen molar-refractivity contribution >= 4 is 45.2 Å². The molecule has 0 fully saturated rings. The largest absolute Gasteiger partial charge is 0.416 e. The van der Waals surface area contributed by atoms with Gasteiger partial charge in [0, 0.05) is 16.5 Å². The normalized spacial score (nSPS) is 16.0. The van der Waals surface area contributed by atoms with Crippen LogP contribution in [0.2, 0.25) is 5.02 Å². The van der Waals surface area contributed by atoms with Gasteiger partial charge >= 0.3 is 6.18 Å². The number of aliphatic imine (C=N–C) groups is 1. The Kier molecular flexibility index (Phi) is 9.02. The molecule has 0 bridgehead atoms. The molecule has 14 heteroatoms. The van der Waals surface area contributed by atoms with Gasteiger partial charge in [-0.2, -0.15) is 31.7 Å². The average molecular weight is 653 g/mol. The van der Waals surface area contributed by atoms with E-state index in [4.69, 9.17) is 17.3 Å². The van der Waals surface area contributed by atoms with Gasteiger partial charge in [0.2, 0.25) is 5.96 Å². The summed E-state index contributed by atoms with van der Waals surface area (Å²) in [7, 11) is -4.64. The van der Waals surface area contributed by atoms with Crippen LogP contribution in [0.5, 0.6) is 0 Å². The second-order valence-electron chi connectivity index (χ2n) is 9.74. The molecular formula is C31H24ClF3N6O3S. The number of halogens is 4. The number of rotatable bonds is 5. The summed E-state index contributed by atoms with van der Waals surface area (Å²) in [6.07, 6.45) is -4.67. The maximum Gasteiger partial charge on any atom is 0.416 e. The summed E-state index contributed by atoms with van der Waals surface area (Å²) in [4.78, 5) is 16.3. The maximum absolute atomic E-state index is 13.4. The number of hydrogen-bond donors (Lipinski definition) is 2. The molecule has 0 radical (unpaired) electrons. The van der Waals surface area contributed by atoms with Gasteiger partial charge < -0.3 is 5.73 Å². The highest BCUT2D eigenvalue weighted by Crippen LogP contribution is 2.32. The second kappa shape index (κ2) is 12.9. The molecular weight excluding hydrogens is 629 g/mol. The van der Waals surface area contributed by atoms with Crippen molar-refractivity contribution in [3.05, 3.63) is 136 Å². The Morgan fingerprint density at radius 3 is 2.11 bits per heavy atom. The Hall–Kier alpha value is -5.01. The number of hydrazone groups is 1. The first-order valence-corrected chi connectivity index (χ1v) is 15.1. The number of alkyl halides is 3. The number of carbonyl (C=O) groups is 1. The Labute approximate surface area is 261 Å². The molecule has 45 heavy (non-hydrogen) atoms. The smallest absolute Gasteiger partial charge is 0.369 e. The monoisotopic (exact) mass is 652 g/mol. The third kappa shape index (κ3) is 7.56. The number of sulfonamides is 1. The summed E-state index contributed by atoms with van der Waals surface area (Å²) in [5, 5.41) is 8.75. The van der Waals surface area contributed by atoms with Gasteiger partial charge in [-0.3, -0.25) is 10.1 Å². The number of amides is 1. The summed E-state index contributed by atoms with van der Waals surface area (Å²) in [6, 6.07) is 27.1. The van der Waals surface area contributed by atoms with Crippen molar-refractivity contribution in [2.75, 3.05) is 6.54 Å². The molecule has 5 rings (SSSR count). The van der Waals surface area contributed by atoms with Crippen LogP contribution in [0.4, 0.5) is 13.2 Å². The van der Waals surface area contributed by atoms with E-state index in [0.29, 0.717) is 28.4 Å². The van der Waals surface area contributed by atoms with Gasteiger partial charge in [0.1, 0.15) is 0 Å².